The molecular formula is C10H9Cl3. The van der Waals surface area contributed by atoms with Crippen LogP contribution in [0.4, 0.5) is 0 Å². The Morgan fingerprint density at radius 1 is 0.923 bits per heavy atom. The lowest BCUT2D eigenvalue weighted by atomic mass is 10.1. The molecule has 0 saturated carbocycles. The number of rotatable bonds is 1. The molecule has 0 atom stereocenters. The van der Waals surface area contributed by atoms with E-state index in [4.69, 9.17) is 34.8 Å². The van der Waals surface area contributed by atoms with Crippen LogP contribution in [0.25, 0.3) is 5.03 Å². The van der Waals surface area contributed by atoms with Gasteiger partial charge in [0.2, 0.25) is 0 Å². The molecular weight excluding hydrogens is 226 g/mol. The third-order valence-corrected chi connectivity index (χ3v) is 2.62. The van der Waals surface area contributed by atoms with E-state index in [1.807, 2.05) is 26.0 Å². The zero-order chi connectivity index (χ0) is 10.0. The van der Waals surface area contributed by atoms with Gasteiger partial charge in [0, 0.05) is 0 Å². The second kappa shape index (κ2) is 4.36. The van der Waals surface area contributed by atoms with Crippen LogP contribution in [-0.4, -0.2) is 0 Å². The van der Waals surface area contributed by atoms with Crippen LogP contribution < -0.4 is 0 Å². The monoisotopic (exact) mass is 234 g/mol. The third kappa shape index (κ3) is 2.91. The minimum absolute atomic E-state index is 0.103. The normalized spacial score (nSPS) is 9.92. The van der Waals surface area contributed by atoms with Gasteiger partial charge in [0.25, 0.3) is 0 Å². The minimum atomic E-state index is 0.103. The summed E-state index contributed by atoms with van der Waals surface area (Å²) in [6.45, 7) is 4.01. The first-order valence-corrected chi connectivity index (χ1v) is 4.93. The Balaban J connectivity index is 3.24. The van der Waals surface area contributed by atoms with E-state index in [1.165, 1.54) is 0 Å². The molecule has 0 radical (unpaired) electrons. The van der Waals surface area contributed by atoms with Crippen molar-refractivity contribution in [3.8, 4) is 0 Å². The molecule has 3 heteroatoms. The van der Waals surface area contributed by atoms with Crippen LogP contribution >= 0.6 is 34.8 Å². The van der Waals surface area contributed by atoms with Crippen LogP contribution in [0.1, 0.15) is 16.7 Å². The number of aryl methyl sites for hydroxylation is 2. The van der Waals surface area contributed by atoms with Gasteiger partial charge in [0.1, 0.15) is 4.49 Å². The fourth-order valence-electron chi connectivity index (χ4n) is 1.21. The molecule has 0 spiro atoms. The topological polar surface area (TPSA) is 0 Å². The lowest BCUT2D eigenvalue weighted by molar-refractivity contribution is 1.37. The van der Waals surface area contributed by atoms with Crippen molar-refractivity contribution in [2.45, 2.75) is 13.8 Å². The Labute approximate surface area is 93.1 Å². The van der Waals surface area contributed by atoms with Crippen molar-refractivity contribution >= 4 is 39.8 Å². The van der Waals surface area contributed by atoms with Crippen LogP contribution in [-0.2, 0) is 0 Å². The lowest BCUT2D eigenvalue weighted by Gasteiger charge is -2.03. The van der Waals surface area contributed by atoms with Gasteiger partial charge in [-0.3, -0.25) is 0 Å². The fraction of sp³-hybridized carbons (Fsp3) is 0.200. The minimum Gasteiger partial charge on any atom is -0.0811 e. The van der Waals surface area contributed by atoms with Crippen LogP contribution in [0.15, 0.2) is 22.7 Å². The van der Waals surface area contributed by atoms with Gasteiger partial charge >= 0.3 is 0 Å². The summed E-state index contributed by atoms with van der Waals surface area (Å²) >= 11 is 17.1. The number of halogens is 3. The van der Waals surface area contributed by atoms with Gasteiger partial charge in [-0.05, 0) is 19.4 Å². The summed E-state index contributed by atoms with van der Waals surface area (Å²) in [6, 6.07) is 5.95. The maximum Gasteiger partial charge on any atom is 0.126 e. The summed E-state index contributed by atoms with van der Waals surface area (Å²) in [5.74, 6) is 0. The standard InChI is InChI=1S/C10H9Cl3/c1-6-3-7(2)5-8(4-6)9(11)10(12)13/h3-5H,1-2H3. The Morgan fingerprint density at radius 3 is 1.77 bits per heavy atom. The second-order valence-electron chi connectivity index (χ2n) is 2.95. The Bertz CT molecular complexity index is 329. The van der Waals surface area contributed by atoms with E-state index in [0.717, 1.165) is 16.7 Å². The molecule has 0 saturated heterocycles. The predicted octanol–water partition coefficient (Wildman–Crippen LogP) is 4.65. The number of hydrogen-bond donors (Lipinski definition) is 0. The van der Waals surface area contributed by atoms with Crippen molar-refractivity contribution in [2.24, 2.45) is 0 Å². The van der Waals surface area contributed by atoms with Crippen LogP contribution in [0.2, 0.25) is 0 Å². The van der Waals surface area contributed by atoms with Crippen molar-refractivity contribution in [1.82, 2.24) is 0 Å². The molecule has 1 rings (SSSR count). The molecule has 0 heterocycles. The molecule has 0 aromatic heterocycles. The Morgan fingerprint density at radius 2 is 1.38 bits per heavy atom. The molecule has 0 aliphatic carbocycles. The van der Waals surface area contributed by atoms with Crippen molar-refractivity contribution < 1.29 is 0 Å². The summed E-state index contributed by atoms with van der Waals surface area (Å²) in [5.41, 5.74) is 3.14. The maximum absolute atomic E-state index is 5.90. The molecule has 1 aromatic rings. The summed E-state index contributed by atoms with van der Waals surface area (Å²) in [5, 5.41) is 0.398. The summed E-state index contributed by atoms with van der Waals surface area (Å²) < 4.78 is 0.103. The van der Waals surface area contributed by atoms with Crippen LogP contribution in [0, 0.1) is 13.8 Å². The van der Waals surface area contributed by atoms with E-state index in [0.29, 0.717) is 5.03 Å². The van der Waals surface area contributed by atoms with Gasteiger partial charge in [0.05, 0.1) is 5.03 Å². The highest BCUT2D eigenvalue weighted by Crippen LogP contribution is 2.28. The highest BCUT2D eigenvalue weighted by Gasteiger charge is 2.03. The van der Waals surface area contributed by atoms with E-state index in [-0.39, 0.29) is 4.49 Å². The van der Waals surface area contributed by atoms with Crippen molar-refractivity contribution in [2.75, 3.05) is 0 Å². The molecule has 0 fully saturated rings. The van der Waals surface area contributed by atoms with Gasteiger partial charge < -0.3 is 0 Å². The molecule has 0 amide bonds. The fourth-order valence-corrected chi connectivity index (χ4v) is 1.54. The zero-order valence-corrected chi connectivity index (χ0v) is 9.63. The molecule has 0 unspecified atom stereocenters. The maximum atomic E-state index is 5.90. The molecule has 0 nitrogen and oxygen atoms in total. The van der Waals surface area contributed by atoms with E-state index >= 15 is 0 Å². The van der Waals surface area contributed by atoms with Gasteiger partial charge in [0.15, 0.2) is 0 Å². The zero-order valence-electron chi connectivity index (χ0n) is 7.37. The van der Waals surface area contributed by atoms with Crippen molar-refractivity contribution in [3.63, 3.8) is 0 Å². The average Bonchev–Trinajstić information content (AvgIpc) is 2.01. The van der Waals surface area contributed by atoms with E-state index in [2.05, 4.69) is 6.07 Å². The second-order valence-corrected chi connectivity index (χ2v) is 4.28. The highest BCUT2D eigenvalue weighted by molar-refractivity contribution is 6.66. The molecule has 0 aliphatic heterocycles. The first-order valence-electron chi connectivity index (χ1n) is 3.80. The molecule has 0 N–H and O–H groups in total. The first-order chi connectivity index (χ1) is 6.00. The predicted molar refractivity (Wildman–Crippen MR) is 60.4 cm³/mol. The lowest BCUT2D eigenvalue weighted by Crippen LogP contribution is -1.83. The van der Waals surface area contributed by atoms with Crippen molar-refractivity contribution in [3.05, 3.63) is 39.4 Å². The largest absolute Gasteiger partial charge is 0.126 e. The summed E-state index contributed by atoms with van der Waals surface area (Å²) in [4.78, 5) is 0. The van der Waals surface area contributed by atoms with E-state index in [9.17, 15) is 0 Å². The molecule has 13 heavy (non-hydrogen) atoms. The Kier molecular flexibility index (Phi) is 3.66. The summed E-state index contributed by atoms with van der Waals surface area (Å²) in [6.07, 6.45) is 0. The van der Waals surface area contributed by atoms with Gasteiger partial charge in [-0.1, -0.05) is 64.1 Å². The van der Waals surface area contributed by atoms with Crippen LogP contribution in [0.3, 0.4) is 0 Å². The van der Waals surface area contributed by atoms with Crippen molar-refractivity contribution in [1.29, 1.82) is 0 Å². The molecule has 1 aromatic carbocycles. The van der Waals surface area contributed by atoms with Crippen LogP contribution in [0.5, 0.6) is 0 Å². The number of benzene rings is 1. The quantitative estimate of drug-likeness (QED) is 0.665. The number of hydrogen-bond acceptors (Lipinski definition) is 0. The SMILES string of the molecule is Cc1cc(C)cc(C(Cl)=C(Cl)Cl)c1. The molecule has 0 bridgehead atoms. The smallest absolute Gasteiger partial charge is 0.0811 e. The molecule has 0 aliphatic rings. The third-order valence-electron chi connectivity index (χ3n) is 1.64. The highest BCUT2D eigenvalue weighted by atomic mass is 35.5. The molecule has 70 valence electrons. The van der Waals surface area contributed by atoms with Gasteiger partial charge in [-0.15, -0.1) is 0 Å². The van der Waals surface area contributed by atoms with Gasteiger partial charge in [-0.2, -0.15) is 0 Å². The summed E-state index contributed by atoms with van der Waals surface area (Å²) in [7, 11) is 0. The van der Waals surface area contributed by atoms with E-state index in [1.54, 1.807) is 0 Å². The van der Waals surface area contributed by atoms with E-state index < -0.39 is 0 Å². The first kappa shape index (κ1) is 10.9. The Hall–Kier alpha value is -0.170. The van der Waals surface area contributed by atoms with Gasteiger partial charge in [-0.25, -0.2) is 0 Å². The average molecular weight is 236 g/mol.